The molecule has 18 heavy (non-hydrogen) atoms. The number of thioether (sulfide) groups is 1. The van der Waals surface area contributed by atoms with Gasteiger partial charge in [-0.1, -0.05) is 23.9 Å². The number of ketones is 1. The van der Waals surface area contributed by atoms with Crippen LogP contribution in [0.15, 0.2) is 34.9 Å². The highest BCUT2D eigenvalue weighted by molar-refractivity contribution is 8.00. The summed E-state index contributed by atoms with van der Waals surface area (Å²) in [5.74, 6) is 1.44. The maximum atomic E-state index is 11.4. The average Bonchev–Trinajstić information content (AvgIpc) is 2.88. The van der Waals surface area contributed by atoms with Crippen molar-refractivity contribution in [1.82, 2.24) is 9.36 Å². The van der Waals surface area contributed by atoms with E-state index in [1.165, 1.54) is 18.5 Å². The Labute approximate surface area is 114 Å². The third-order valence-electron chi connectivity index (χ3n) is 2.17. The van der Waals surface area contributed by atoms with Gasteiger partial charge in [0.05, 0.1) is 12.2 Å². The third kappa shape index (κ3) is 3.54. The van der Waals surface area contributed by atoms with Crippen LogP contribution in [0.5, 0.6) is 5.75 Å². The predicted molar refractivity (Wildman–Crippen MR) is 72.6 cm³/mol. The van der Waals surface area contributed by atoms with Gasteiger partial charge in [0, 0.05) is 5.75 Å². The largest absolute Gasteiger partial charge is 0.492 e. The molecular formula is C12H12N2O2S2. The molecule has 0 atom stereocenters. The molecule has 1 aromatic heterocycles. The Hall–Kier alpha value is -1.40. The second-order valence-corrected chi connectivity index (χ2v) is 5.58. The normalized spacial score (nSPS) is 10.3. The molecule has 0 amide bonds. The van der Waals surface area contributed by atoms with Crippen LogP contribution in [-0.4, -0.2) is 27.5 Å². The van der Waals surface area contributed by atoms with Crippen molar-refractivity contribution in [3.05, 3.63) is 36.2 Å². The van der Waals surface area contributed by atoms with Crippen molar-refractivity contribution in [3.63, 3.8) is 0 Å². The van der Waals surface area contributed by atoms with Crippen molar-refractivity contribution in [3.8, 4) is 5.75 Å². The standard InChI is InChI=1S/C12H12N2O2S2/c1-9(15)10-4-2-3-5-11(10)16-6-7-17-12-13-8-14-18-12/h2-5,8H,6-7H2,1H3. The van der Waals surface area contributed by atoms with Crippen molar-refractivity contribution < 1.29 is 9.53 Å². The number of rotatable bonds is 6. The van der Waals surface area contributed by atoms with Crippen LogP contribution in [0.2, 0.25) is 0 Å². The number of hydrogen-bond acceptors (Lipinski definition) is 6. The second kappa shape index (κ2) is 6.51. The monoisotopic (exact) mass is 280 g/mol. The molecule has 0 N–H and O–H groups in total. The molecule has 1 aromatic carbocycles. The van der Waals surface area contributed by atoms with Crippen LogP contribution >= 0.6 is 23.3 Å². The molecule has 0 fully saturated rings. The average molecular weight is 280 g/mol. The number of para-hydroxylation sites is 1. The van der Waals surface area contributed by atoms with Gasteiger partial charge in [-0.05, 0) is 30.6 Å². The number of carbonyl (C=O) groups excluding carboxylic acids is 1. The summed E-state index contributed by atoms with van der Waals surface area (Å²) in [6.07, 6.45) is 1.54. The van der Waals surface area contributed by atoms with E-state index in [-0.39, 0.29) is 5.78 Å². The molecule has 0 aliphatic rings. The Kier molecular flexibility index (Phi) is 4.72. The lowest BCUT2D eigenvalue weighted by Gasteiger charge is -2.08. The first-order valence-electron chi connectivity index (χ1n) is 5.39. The van der Waals surface area contributed by atoms with E-state index in [4.69, 9.17) is 4.74 Å². The molecule has 0 bridgehead atoms. The second-order valence-electron chi connectivity index (χ2n) is 3.46. The van der Waals surface area contributed by atoms with Gasteiger partial charge < -0.3 is 4.74 Å². The number of aromatic nitrogens is 2. The van der Waals surface area contributed by atoms with Gasteiger partial charge in [-0.25, -0.2) is 4.98 Å². The molecule has 0 unspecified atom stereocenters. The minimum atomic E-state index is 0.0161. The van der Waals surface area contributed by atoms with Crippen LogP contribution in [0.3, 0.4) is 0 Å². The zero-order valence-corrected chi connectivity index (χ0v) is 11.5. The van der Waals surface area contributed by atoms with E-state index < -0.39 is 0 Å². The summed E-state index contributed by atoms with van der Waals surface area (Å²) in [7, 11) is 0. The fraction of sp³-hybridized carbons (Fsp3) is 0.250. The van der Waals surface area contributed by atoms with E-state index in [0.29, 0.717) is 17.9 Å². The van der Waals surface area contributed by atoms with E-state index in [1.54, 1.807) is 24.2 Å². The molecule has 0 aliphatic heterocycles. The molecule has 1 heterocycles. The summed E-state index contributed by atoms with van der Waals surface area (Å²) in [5.41, 5.74) is 0.624. The summed E-state index contributed by atoms with van der Waals surface area (Å²) in [4.78, 5) is 15.5. The summed E-state index contributed by atoms with van der Waals surface area (Å²) in [6.45, 7) is 2.08. The maximum absolute atomic E-state index is 11.4. The van der Waals surface area contributed by atoms with Gasteiger partial charge in [-0.15, -0.1) is 0 Å². The topological polar surface area (TPSA) is 52.1 Å². The maximum Gasteiger partial charge on any atom is 0.169 e. The molecule has 94 valence electrons. The van der Waals surface area contributed by atoms with Crippen LogP contribution in [0.1, 0.15) is 17.3 Å². The third-order valence-corrected chi connectivity index (χ3v) is 3.94. The zero-order valence-electron chi connectivity index (χ0n) is 9.83. The van der Waals surface area contributed by atoms with Crippen molar-refractivity contribution in [1.29, 1.82) is 0 Å². The molecule has 2 aromatic rings. The SMILES string of the molecule is CC(=O)c1ccccc1OCCSc1ncns1. The highest BCUT2D eigenvalue weighted by Crippen LogP contribution is 2.21. The Bertz CT molecular complexity index is 515. The van der Waals surface area contributed by atoms with Crippen LogP contribution in [-0.2, 0) is 0 Å². The smallest absolute Gasteiger partial charge is 0.169 e. The molecule has 4 nitrogen and oxygen atoms in total. The van der Waals surface area contributed by atoms with Gasteiger partial charge in [-0.2, -0.15) is 4.37 Å². The Balaban J connectivity index is 1.85. The fourth-order valence-electron chi connectivity index (χ4n) is 1.39. The first kappa shape index (κ1) is 13.0. The van der Waals surface area contributed by atoms with Crippen molar-refractivity contribution >= 4 is 29.1 Å². The quantitative estimate of drug-likeness (QED) is 0.462. The van der Waals surface area contributed by atoms with E-state index >= 15 is 0 Å². The fourth-order valence-corrected chi connectivity index (χ4v) is 2.72. The van der Waals surface area contributed by atoms with Gasteiger partial charge in [-0.3, -0.25) is 4.79 Å². The van der Waals surface area contributed by atoms with E-state index in [9.17, 15) is 4.79 Å². The highest BCUT2D eigenvalue weighted by atomic mass is 32.2. The molecule has 2 rings (SSSR count). The molecule has 6 heteroatoms. The van der Waals surface area contributed by atoms with Gasteiger partial charge in [0.1, 0.15) is 12.1 Å². The van der Waals surface area contributed by atoms with Gasteiger partial charge in [0.2, 0.25) is 0 Å². The molecule has 0 aliphatic carbocycles. The number of hydrogen-bond donors (Lipinski definition) is 0. The number of carbonyl (C=O) groups is 1. The van der Waals surface area contributed by atoms with Crippen molar-refractivity contribution in [2.45, 2.75) is 11.3 Å². The zero-order chi connectivity index (χ0) is 12.8. The first-order chi connectivity index (χ1) is 8.77. The van der Waals surface area contributed by atoms with Crippen LogP contribution < -0.4 is 4.74 Å². The lowest BCUT2D eigenvalue weighted by molar-refractivity contribution is 0.101. The lowest BCUT2D eigenvalue weighted by Crippen LogP contribution is -2.04. The predicted octanol–water partition coefficient (Wildman–Crippen LogP) is 2.91. The summed E-state index contributed by atoms with van der Waals surface area (Å²) < 4.78 is 10.5. The van der Waals surface area contributed by atoms with E-state index in [2.05, 4.69) is 9.36 Å². The minimum absolute atomic E-state index is 0.0161. The summed E-state index contributed by atoms with van der Waals surface area (Å²) in [5, 5.41) is 0. The van der Waals surface area contributed by atoms with Crippen LogP contribution in [0.25, 0.3) is 0 Å². The van der Waals surface area contributed by atoms with Crippen molar-refractivity contribution in [2.75, 3.05) is 12.4 Å². The van der Waals surface area contributed by atoms with Crippen molar-refractivity contribution in [2.24, 2.45) is 0 Å². The van der Waals surface area contributed by atoms with Gasteiger partial charge >= 0.3 is 0 Å². The number of benzene rings is 1. The summed E-state index contributed by atoms with van der Waals surface area (Å²) in [6, 6.07) is 7.28. The highest BCUT2D eigenvalue weighted by Gasteiger charge is 2.07. The number of ether oxygens (including phenoxy) is 1. The Morgan fingerprint density at radius 3 is 3.00 bits per heavy atom. The van der Waals surface area contributed by atoms with Crippen LogP contribution in [0.4, 0.5) is 0 Å². The van der Waals surface area contributed by atoms with Gasteiger partial charge in [0.25, 0.3) is 0 Å². The summed E-state index contributed by atoms with van der Waals surface area (Å²) >= 11 is 2.96. The molecular weight excluding hydrogens is 268 g/mol. The Morgan fingerprint density at radius 1 is 1.44 bits per heavy atom. The van der Waals surface area contributed by atoms with E-state index in [1.807, 2.05) is 18.2 Å². The Morgan fingerprint density at radius 2 is 2.28 bits per heavy atom. The molecule has 0 saturated heterocycles. The van der Waals surface area contributed by atoms with Crippen LogP contribution in [0, 0.1) is 0 Å². The molecule has 0 spiro atoms. The van der Waals surface area contributed by atoms with Gasteiger partial charge in [0.15, 0.2) is 10.1 Å². The number of Topliss-reactive ketones (excluding diaryl/α,β-unsaturated/α-hetero) is 1. The number of nitrogens with zero attached hydrogens (tertiary/aromatic N) is 2. The molecule has 0 saturated carbocycles. The van der Waals surface area contributed by atoms with E-state index in [0.717, 1.165) is 10.1 Å². The molecule has 0 radical (unpaired) electrons. The minimum Gasteiger partial charge on any atom is -0.492 e. The lowest BCUT2D eigenvalue weighted by atomic mass is 10.1. The first-order valence-corrected chi connectivity index (χ1v) is 7.15.